The van der Waals surface area contributed by atoms with E-state index in [1.54, 1.807) is 12.1 Å². The summed E-state index contributed by atoms with van der Waals surface area (Å²) in [5, 5.41) is 11.4. The van der Waals surface area contributed by atoms with Gasteiger partial charge < -0.3 is 0 Å². The molecule has 1 N–H and O–H groups in total. The van der Waals surface area contributed by atoms with Gasteiger partial charge in [-0.1, -0.05) is 34.8 Å². The monoisotopic (exact) mass is 400 g/mol. The van der Waals surface area contributed by atoms with Crippen molar-refractivity contribution in [2.45, 2.75) is 10.8 Å². The maximum Gasteiger partial charge on any atom is 0.300 e. The van der Waals surface area contributed by atoms with Crippen LogP contribution in [0.5, 0.6) is 0 Å². The van der Waals surface area contributed by atoms with Crippen LogP contribution in [0.4, 0.5) is 5.69 Å². The van der Waals surface area contributed by atoms with Crippen molar-refractivity contribution < 1.29 is 13.3 Å². The molecular formula is C11H7Cl3N2O4S2. The average Bonchev–Trinajstić information content (AvgIpc) is 2.78. The van der Waals surface area contributed by atoms with Crippen molar-refractivity contribution in [1.82, 2.24) is 4.72 Å². The van der Waals surface area contributed by atoms with Crippen LogP contribution in [0.2, 0.25) is 14.4 Å². The van der Waals surface area contributed by atoms with Gasteiger partial charge in [0.25, 0.3) is 15.7 Å². The average molecular weight is 402 g/mol. The normalized spacial score (nSPS) is 11.6. The summed E-state index contributed by atoms with van der Waals surface area (Å²) in [6.45, 7) is -0.0636. The van der Waals surface area contributed by atoms with E-state index in [0.29, 0.717) is 26.9 Å². The Morgan fingerprint density at radius 2 is 1.73 bits per heavy atom. The maximum absolute atomic E-state index is 12.1. The molecule has 2 aromatic rings. The molecule has 0 amide bonds. The smallest absolute Gasteiger partial charge is 0.258 e. The molecule has 0 aliphatic rings. The van der Waals surface area contributed by atoms with E-state index < -0.39 is 20.6 Å². The zero-order chi connectivity index (χ0) is 16.5. The van der Waals surface area contributed by atoms with Crippen molar-refractivity contribution in [3.63, 3.8) is 0 Å². The van der Waals surface area contributed by atoms with Gasteiger partial charge in [0.1, 0.15) is 4.21 Å². The summed E-state index contributed by atoms with van der Waals surface area (Å²) in [4.78, 5) is 9.96. The Labute approximate surface area is 144 Å². The Bertz CT molecular complexity index is 816. The number of nitrogens with one attached hydrogen (secondary N) is 1. The van der Waals surface area contributed by atoms with Gasteiger partial charge in [-0.25, -0.2) is 13.1 Å². The lowest BCUT2D eigenvalue weighted by Crippen LogP contribution is -2.22. The molecule has 1 aromatic heterocycles. The molecule has 1 heterocycles. The predicted molar refractivity (Wildman–Crippen MR) is 86.5 cm³/mol. The lowest BCUT2D eigenvalue weighted by Gasteiger charge is -2.05. The first-order chi connectivity index (χ1) is 10.2. The van der Waals surface area contributed by atoms with Gasteiger partial charge in [0.05, 0.1) is 4.92 Å². The lowest BCUT2D eigenvalue weighted by atomic mass is 10.2. The van der Waals surface area contributed by atoms with Crippen LogP contribution in [0.3, 0.4) is 0 Å². The summed E-state index contributed by atoms with van der Waals surface area (Å²) in [5.41, 5.74) is 0.107. The molecule has 0 atom stereocenters. The quantitative estimate of drug-likeness (QED) is 0.603. The van der Waals surface area contributed by atoms with Crippen LogP contribution in [0, 0.1) is 10.1 Å². The highest BCUT2D eigenvalue weighted by atomic mass is 35.5. The highest BCUT2D eigenvalue weighted by Gasteiger charge is 2.25. The van der Waals surface area contributed by atoms with Crippen LogP contribution in [0.15, 0.2) is 28.5 Å². The fourth-order valence-corrected chi connectivity index (χ4v) is 4.86. The molecule has 0 spiro atoms. The molecule has 0 aliphatic carbocycles. The van der Waals surface area contributed by atoms with Gasteiger partial charge in [-0.2, -0.15) is 0 Å². The standard InChI is InChI=1S/C11H7Cl3N2O4S2/c12-7-1-6(2-8(13)3-7)5-15-22(19,20)10-4-9(16(17)18)11(14)21-10/h1-4,15H,5H2. The third-order valence-corrected chi connectivity index (χ3v) is 6.15. The minimum atomic E-state index is -3.93. The molecule has 0 aliphatic heterocycles. The van der Waals surface area contributed by atoms with Crippen molar-refractivity contribution >= 4 is 61.9 Å². The second-order valence-corrected chi connectivity index (χ2v) is 8.60. The summed E-state index contributed by atoms with van der Waals surface area (Å²) in [7, 11) is -3.93. The van der Waals surface area contributed by atoms with Crippen LogP contribution in [0.25, 0.3) is 0 Å². The van der Waals surface area contributed by atoms with E-state index in [-0.39, 0.29) is 15.1 Å². The fourth-order valence-electron chi connectivity index (χ4n) is 1.56. The number of thiophene rings is 1. The molecule has 118 valence electrons. The second-order valence-electron chi connectivity index (χ2n) is 4.08. The van der Waals surface area contributed by atoms with E-state index in [1.165, 1.54) is 6.07 Å². The van der Waals surface area contributed by atoms with Gasteiger partial charge >= 0.3 is 0 Å². The van der Waals surface area contributed by atoms with Crippen LogP contribution >= 0.6 is 46.1 Å². The van der Waals surface area contributed by atoms with Crippen molar-refractivity contribution in [2.75, 3.05) is 0 Å². The third kappa shape index (κ3) is 4.09. The van der Waals surface area contributed by atoms with Gasteiger partial charge in [0, 0.05) is 22.7 Å². The number of benzene rings is 1. The molecule has 0 fully saturated rings. The van der Waals surface area contributed by atoms with Gasteiger partial charge in [-0.05, 0) is 23.8 Å². The van der Waals surface area contributed by atoms with E-state index in [0.717, 1.165) is 6.07 Å². The minimum Gasteiger partial charge on any atom is -0.258 e. The Balaban J connectivity index is 2.21. The van der Waals surface area contributed by atoms with Gasteiger partial charge in [-0.15, -0.1) is 11.3 Å². The molecule has 0 saturated heterocycles. The lowest BCUT2D eigenvalue weighted by molar-refractivity contribution is -0.384. The van der Waals surface area contributed by atoms with E-state index in [1.807, 2.05) is 0 Å². The zero-order valence-electron chi connectivity index (χ0n) is 10.5. The molecule has 6 nitrogen and oxygen atoms in total. The van der Waals surface area contributed by atoms with Crippen LogP contribution in [-0.2, 0) is 16.6 Å². The number of hydrogen-bond donors (Lipinski definition) is 1. The molecule has 1 aromatic carbocycles. The Kier molecular flexibility index (Phi) is 5.31. The van der Waals surface area contributed by atoms with E-state index in [4.69, 9.17) is 34.8 Å². The first-order valence-corrected chi connectivity index (χ1v) is 9.01. The molecule has 0 saturated carbocycles. The van der Waals surface area contributed by atoms with E-state index in [9.17, 15) is 18.5 Å². The topological polar surface area (TPSA) is 89.3 Å². The fraction of sp³-hybridized carbons (Fsp3) is 0.0909. The van der Waals surface area contributed by atoms with Crippen molar-refractivity contribution in [3.05, 3.63) is 54.3 Å². The van der Waals surface area contributed by atoms with Crippen molar-refractivity contribution in [3.8, 4) is 0 Å². The molecule has 2 rings (SSSR count). The van der Waals surface area contributed by atoms with Crippen molar-refractivity contribution in [1.29, 1.82) is 0 Å². The number of rotatable bonds is 5. The first-order valence-electron chi connectivity index (χ1n) is 5.57. The summed E-state index contributed by atoms with van der Waals surface area (Å²) >= 11 is 17.9. The predicted octanol–water partition coefficient (Wildman–Crippen LogP) is 4.10. The van der Waals surface area contributed by atoms with Crippen LogP contribution in [-0.4, -0.2) is 13.3 Å². The SMILES string of the molecule is O=[N+]([O-])c1cc(S(=O)(=O)NCc2cc(Cl)cc(Cl)c2)sc1Cl. The molecule has 0 radical (unpaired) electrons. The number of nitro groups is 1. The summed E-state index contributed by atoms with van der Waals surface area (Å²) in [6.07, 6.45) is 0. The number of sulfonamides is 1. The molecule has 11 heteroatoms. The van der Waals surface area contributed by atoms with Crippen LogP contribution in [0.1, 0.15) is 5.56 Å². The van der Waals surface area contributed by atoms with Gasteiger partial charge in [-0.3, -0.25) is 10.1 Å². The summed E-state index contributed by atoms with van der Waals surface area (Å²) < 4.78 is 26.1. The Morgan fingerprint density at radius 1 is 1.14 bits per heavy atom. The van der Waals surface area contributed by atoms with E-state index >= 15 is 0 Å². The number of hydrogen-bond acceptors (Lipinski definition) is 5. The van der Waals surface area contributed by atoms with Gasteiger partial charge in [0.15, 0.2) is 4.34 Å². The molecular weight excluding hydrogens is 395 g/mol. The highest BCUT2D eigenvalue weighted by Crippen LogP contribution is 2.36. The molecule has 22 heavy (non-hydrogen) atoms. The Morgan fingerprint density at radius 3 is 2.23 bits per heavy atom. The first kappa shape index (κ1) is 17.5. The highest BCUT2D eigenvalue weighted by molar-refractivity contribution is 7.91. The van der Waals surface area contributed by atoms with Crippen LogP contribution < -0.4 is 4.72 Å². The third-order valence-electron chi connectivity index (χ3n) is 2.50. The largest absolute Gasteiger partial charge is 0.300 e. The number of halogens is 3. The zero-order valence-corrected chi connectivity index (χ0v) is 14.4. The summed E-state index contributed by atoms with van der Waals surface area (Å²) in [6, 6.07) is 5.55. The summed E-state index contributed by atoms with van der Waals surface area (Å²) in [5.74, 6) is 0. The molecule has 0 unspecified atom stereocenters. The second kappa shape index (κ2) is 6.69. The molecule has 0 bridgehead atoms. The Hall–Kier alpha value is -0.900. The van der Waals surface area contributed by atoms with E-state index in [2.05, 4.69) is 4.72 Å². The minimum absolute atomic E-state index is 0.0636. The maximum atomic E-state index is 12.1. The van der Waals surface area contributed by atoms with Crippen molar-refractivity contribution in [2.24, 2.45) is 0 Å². The van der Waals surface area contributed by atoms with Gasteiger partial charge in [0.2, 0.25) is 0 Å². The number of nitrogens with zero attached hydrogens (tertiary/aromatic N) is 1.